The predicted octanol–water partition coefficient (Wildman–Crippen LogP) is 1.34. The molecule has 1 aliphatic rings. The van der Waals surface area contributed by atoms with E-state index < -0.39 is 0 Å². The molecule has 0 bridgehead atoms. The lowest BCUT2D eigenvalue weighted by Gasteiger charge is -2.37. The summed E-state index contributed by atoms with van der Waals surface area (Å²) in [6.45, 7) is 4.11. The van der Waals surface area contributed by atoms with Gasteiger partial charge in [-0.25, -0.2) is 4.39 Å². The topological polar surface area (TPSA) is 45.9 Å². The van der Waals surface area contributed by atoms with Crippen molar-refractivity contribution in [2.24, 2.45) is 4.99 Å². The molecule has 0 aromatic heterocycles. The van der Waals surface area contributed by atoms with Crippen LogP contribution in [0.25, 0.3) is 0 Å². The Labute approximate surface area is 124 Å². The van der Waals surface area contributed by atoms with Crippen molar-refractivity contribution in [1.29, 1.82) is 5.26 Å². The zero-order valence-electron chi connectivity index (χ0n) is 12.5. The number of rotatable bonds is 2. The molecule has 6 heteroatoms. The van der Waals surface area contributed by atoms with E-state index in [1.807, 2.05) is 31.3 Å². The molecule has 0 saturated carbocycles. The lowest BCUT2D eigenvalue weighted by atomic mass is 10.2. The average molecular weight is 289 g/mol. The highest BCUT2D eigenvalue weighted by atomic mass is 19.1. The van der Waals surface area contributed by atoms with Crippen molar-refractivity contribution >= 4 is 5.96 Å². The van der Waals surface area contributed by atoms with Gasteiger partial charge in [0.05, 0.1) is 0 Å². The van der Waals surface area contributed by atoms with E-state index in [1.165, 1.54) is 6.07 Å². The van der Waals surface area contributed by atoms with Crippen LogP contribution in [0.5, 0.6) is 0 Å². The summed E-state index contributed by atoms with van der Waals surface area (Å²) in [5.74, 6) is 0.505. The predicted molar refractivity (Wildman–Crippen MR) is 80.0 cm³/mol. The maximum atomic E-state index is 13.2. The van der Waals surface area contributed by atoms with Gasteiger partial charge in [-0.1, -0.05) is 12.1 Å². The minimum Gasteiger partial charge on any atom is -0.348 e. The Morgan fingerprint density at radius 1 is 1.33 bits per heavy atom. The molecule has 0 N–H and O–H groups in total. The minimum atomic E-state index is -0.192. The standard InChI is InChI=1S/C15H20FN5/c1-19(2)15(18-12-17)21-8-6-20(7-9-21)11-13-4-3-5-14(16)10-13/h3-5,10H,6-9,11H2,1-2H3. The smallest absolute Gasteiger partial charge is 0.212 e. The molecule has 21 heavy (non-hydrogen) atoms. The number of guanidine groups is 1. The number of hydrogen-bond acceptors (Lipinski definition) is 3. The molecule has 0 atom stereocenters. The molecule has 0 radical (unpaired) electrons. The van der Waals surface area contributed by atoms with Gasteiger partial charge in [-0.3, -0.25) is 4.90 Å². The van der Waals surface area contributed by atoms with E-state index in [9.17, 15) is 4.39 Å². The minimum absolute atomic E-state index is 0.192. The molecule has 2 rings (SSSR count). The van der Waals surface area contributed by atoms with Crippen LogP contribution in [0.3, 0.4) is 0 Å². The largest absolute Gasteiger partial charge is 0.348 e. The van der Waals surface area contributed by atoms with Gasteiger partial charge in [0.1, 0.15) is 5.82 Å². The van der Waals surface area contributed by atoms with Crippen LogP contribution in [-0.2, 0) is 6.54 Å². The maximum Gasteiger partial charge on any atom is 0.212 e. The second kappa shape index (κ2) is 7.04. The summed E-state index contributed by atoms with van der Waals surface area (Å²) < 4.78 is 13.2. The third kappa shape index (κ3) is 4.17. The monoisotopic (exact) mass is 289 g/mol. The van der Waals surface area contributed by atoms with Crippen molar-refractivity contribution in [1.82, 2.24) is 14.7 Å². The van der Waals surface area contributed by atoms with Crippen LogP contribution in [-0.4, -0.2) is 60.9 Å². The van der Waals surface area contributed by atoms with E-state index in [2.05, 4.69) is 14.8 Å². The summed E-state index contributed by atoms with van der Waals surface area (Å²) in [4.78, 5) is 10.1. The molecule has 112 valence electrons. The van der Waals surface area contributed by atoms with Gasteiger partial charge in [0.15, 0.2) is 0 Å². The van der Waals surface area contributed by atoms with Gasteiger partial charge in [0, 0.05) is 46.8 Å². The van der Waals surface area contributed by atoms with Crippen molar-refractivity contribution in [3.05, 3.63) is 35.6 Å². The van der Waals surface area contributed by atoms with Gasteiger partial charge in [-0.15, -0.1) is 4.99 Å². The molecular formula is C15H20FN5. The molecule has 0 spiro atoms. The second-order valence-electron chi connectivity index (χ2n) is 5.30. The normalized spacial score (nSPS) is 16.7. The molecule has 0 amide bonds. The molecule has 0 unspecified atom stereocenters. The van der Waals surface area contributed by atoms with Crippen LogP contribution < -0.4 is 0 Å². The van der Waals surface area contributed by atoms with Crippen LogP contribution in [0.15, 0.2) is 29.3 Å². The SMILES string of the molecule is CN(C)C(=NC#N)N1CCN(Cc2cccc(F)c2)CC1. The third-order valence-corrected chi connectivity index (χ3v) is 3.50. The molecule has 1 aromatic rings. The highest BCUT2D eigenvalue weighted by molar-refractivity contribution is 5.80. The Hall–Kier alpha value is -2.13. The van der Waals surface area contributed by atoms with E-state index in [0.29, 0.717) is 5.96 Å². The number of aliphatic imine (C=N–C) groups is 1. The van der Waals surface area contributed by atoms with E-state index in [4.69, 9.17) is 5.26 Å². The van der Waals surface area contributed by atoms with Crippen LogP contribution >= 0.6 is 0 Å². The molecule has 0 aliphatic carbocycles. The fraction of sp³-hybridized carbons (Fsp3) is 0.467. The Kier molecular flexibility index (Phi) is 5.12. The molecule has 5 nitrogen and oxygen atoms in total. The first-order valence-corrected chi connectivity index (χ1v) is 6.96. The maximum absolute atomic E-state index is 13.2. The van der Waals surface area contributed by atoms with E-state index in [1.54, 1.807) is 12.1 Å². The van der Waals surface area contributed by atoms with Crippen molar-refractivity contribution in [3.63, 3.8) is 0 Å². The molecule has 1 aliphatic heterocycles. The van der Waals surface area contributed by atoms with Gasteiger partial charge in [0.25, 0.3) is 0 Å². The van der Waals surface area contributed by atoms with E-state index in [0.717, 1.165) is 38.3 Å². The van der Waals surface area contributed by atoms with Gasteiger partial charge in [-0.05, 0) is 17.7 Å². The number of nitriles is 1. The number of halogens is 1. The van der Waals surface area contributed by atoms with Crippen molar-refractivity contribution < 1.29 is 4.39 Å². The van der Waals surface area contributed by atoms with Gasteiger partial charge in [-0.2, -0.15) is 5.26 Å². The summed E-state index contributed by atoms with van der Waals surface area (Å²) in [6.07, 6.45) is 1.85. The molecule has 1 saturated heterocycles. The Morgan fingerprint density at radius 2 is 2.05 bits per heavy atom. The fourth-order valence-electron chi connectivity index (χ4n) is 2.50. The molecular weight excluding hydrogens is 269 g/mol. The lowest BCUT2D eigenvalue weighted by Crippen LogP contribution is -2.51. The summed E-state index contributed by atoms with van der Waals surface area (Å²) in [5, 5.41) is 8.75. The highest BCUT2D eigenvalue weighted by Gasteiger charge is 2.21. The third-order valence-electron chi connectivity index (χ3n) is 3.50. The Balaban J connectivity index is 1.91. The van der Waals surface area contributed by atoms with E-state index >= 15 is 0 Å². The molecule has 1 fully saturated rings. The van der Waals surface area contributed by atoms with Crippen molar-refractivity contribution in [3.8, 4) is 6.19 Å². The Morgan fingerprint density at radius 3 is 2.62 bits per heavy atom. The quantitative estimate of drug-likeness (QED) is 0.468. The first-order valence-electron chi connectivity index (χ1n) is 6.96. The summed E-state index contributed by atoms with van der Waals surface area (Å²) in [7, 11) is 3.77. The van der Waals surface area contributed by atoms with E-state index in [-0.39, 0.29) is 5.82 Å². The average Bonchev–Trinajstić information content (AvgIpc) is 2.45. The molecule has 1 aromatic carbocycles. The summed E-state index contributed by atoms with van der Waals surface area (Å²) in [5.41, 5.74) is 0.988. The second-order valence-corrected chi connectivity index (χ2v) is 5.30. The number of benzene rings is 1. The first-order chi connectivity index (χ1) is 10.1. The zero-order valence-corrected chi connectivity index (χ0v) is 12.5. The highest BCUT2D eigenvalue weighted by Crippen LogP contribution is 2.11. The lowest BCUT2D eigenvalue weighted by molar-refractivity contribution is 0.167. The van der Waals surface area contributed by atoms with Crippen LogP contribution in [0.4, 0.5) is 4.39 Å². The van der Waals surface area contributed by atoms with Crippen LogP contribution in [0, 0.1) is 17.3 Å². The van der Waals surface area contributed by atoms with Gasteiger partial charge < -0.3 is 9.80 Å². The van der Waals surface area contributed by atoms with Crippen LogP contribution in [0.2, 0.25) is 0 Å². The van der Waals surface area contributed by atoms with Crippen molar-refractivity contribution in [2.45, 2.75) is 6.54 Å². The van der Waals surface area contributed by atoms with Gasteiger partial charge in [0.2, 0.25) is 12.2 Å². The molecule has 1 heterocycles. The number of hydrogen-bond donors (Lipinski definition) is 0. The van der Waals surface area contributed by atoms with Crippen LogP contribution in [0.1, 0.15) is 5.56 Å². The van der Waals surface area contributed by atoms with Gasteiger partial charge >= 0.3 is 0 Å². The number of nitrogens with zero attached hydrogens (tertiary/aromatic N) is 5. The zero-order chi connectivity index (χ0) is 15.2. The first kappa shape index (κ1) is 15.3. The summed E-state index contributed by atoms with van der Waals surface area (Å²) in [6, 6.07) is 6.72. The summed E-state index contributed by atoms with van der Waals surface area (Å²) >= 11 is 0. The number of piperazine rings is 1. The van der Waals surface area contributed by atoms with Crippen molar-refractivity contribution in [2.75, 3.05) is 40.3 Å². The Bertz CT molecular complexity index is 541. The fourth-order valence-corrected chi connectivity index (χ4v) is 2.50.